The lowest BCUT2D eigenvalue weighted by Gasteiger charge is -2.12. The first-order chi connectivity index (χ1) is 9.60. The summed E-state index contributed by atoms with van der Waals surface area (Å²) >= 11 is 0. The molecule has 2 rings (SSSR count). The maximum atomic E-state index is 12.0. The third-order valence-electron chi connectivity index (χ3n) is 3.76. The molecule has 0 unspecified atom stereocenters. The maximum Gasteiger partial charge on any atom is 0.339 e. The highest BCUT2D eigenvalue weighted by Gasteiger charge is 2.13. The van der Waals surface area contributed by atoms with Gasteiger partial charge in [-0.15, -0.1) is 0 Å². The number of aryl methyl sites for hydroxylation is 2. The minimum atomic E-state index is -0.230. The molecule has 0 radical (unpaired) electrons. The van der Waals surface area contributed by atoms with Crippen LogP contribution in [-0.2, 0) is 6.42 Å². The van der Waals surface area contributed by atoms with Crippen molar-refractivity contribution in [3.63, 3.8) is 0 Å². The van der Waals surface area contributed by atoms with E-state index in [0.29, 0.717) is 18.6 Å². The van der Waals surface area contributed by atoms with Crippen molar-refractivity contribution in [1.82, 2.24) is 0 Å². The molecule has 0 spiro atoms. The van der Waals surface area contributed by atoms with Gasteiger partial charge in [-0.1, -0.05) is 20.3 Å². The van der Waals surface area contributed by atoms with E-state index in [0.717, 1.165) is 40.7 Å². The van der Waals surface area contributed by atoms with E-state index in [4.69, 9.17) is 9.15 Å². The fourth-order valence-corrected chi connectivity index (χ4v) is 2.46. The van der Waals surface area contributed by atoms with Crippen LogP contribution in [0.3, 0.4) is 0 Å². The Kier molecular flexibility index (Phi) is 4.48. The monoisotopic (exact) mass is 274 g/mol. The quantitative estimate of drug-likeness (QED) is 0.607. The van der Waals surface area contributed by atoms with Gasteiger partial charge in [-0.05, 0) is 44.4 Å². The second kappa shape index (κ2) is 6.12. The van der Waals surface area contributed by atoms with E-state index in [1.54, 1.807) is 0 Å². The Bertz CT molecular complexity index is 668. The molecule has 2 aromatic rings. The van der Waals surface area contributed by atoms with Gasteiger partial charge in [0.05, 0.1) is 6.61 Å². The molecule has 0 saturated heterocycles. The van der Waals surface area contributed by atoms with Crippen LogP contribution in [0.1, 0.15) is 43.4 Å². The summed E-state index contributed by atoms with van der Waals surface area (Å²) < 4.78 is 11.3. The third-order valence-corrected chi connectivity index (χ3v) is 3.76. The van der Waals surface area contributed by atoms with Crippen molar-refractivity contribution in [2.75, 3.05) is 6.61 Å². The summed E-state index contributed by atoms with van der Waals surface area (Å²) in [6.45, 7) is 8.72. The number of rotatable bonds is 5. The van der Waals surface area contributed by atoms with E-state index in [1.165, 1.54) is 0 Å². The van der Waals surface area contributed by atoms with Crippen LogP contribution in [0.2, 0.25) is 0 Å². The number of fused-ring (bicyclic) bond motifs is 1. The number of hydrogen-bond acceptors (Lipinski definition) is 3. The van der Waals surface area contributed by atoms with E-state index < -0.39 is 0 Å². The molecular formula is C17H22O3. The summed E-state index contributed by atoms with van der Waals surface area (Å²) in [5.41, 5.74) is 3.10. The maximum absolute atomic E-state index is 12.0. The van der Waals surface area contributed by atoms with Gasteiger partial charge in [-0.3, -0.25) is 0 Å². The molecule has 1 aromatic carbocycles. The molecule has 0 aliphatic rings. The highest BCUT2D eigenvalue weighted by molar-refractivity contribution is 5.85. The van der Waals surface area contributed by atoms with Crippen LogP contribution >= 0.6 is 0 Å². The smallest absolute Gasteiger partial charge is 0.339 e. The summed E-state index contributed by atoms with van der Waals surface area (Å²) in [5.74, 6) is 0.803. The van der Waals surface area contributed by atoms with Gasteiger partial charge in [-0.25, -0.2) is 4.79 Å². The van der Waals surface area contributed by atoms with Crippen LogP contribution in [0.5, 0.6) is 5.75 Å². The van der Waals surface area contributed by atoms with Gasteiger partial charge >= 0.3 is 5.63 Å². The average Bonchev–Trinajstić information content (AvgIpc) is 2.43. The lowest BCUT2D eigenvalue weighted by Crippen LogP contribution is -2.10. The molecule has 0 fully saturated rings. The predicted octanol–water partition coefficient (Wildman–Crippen LogP) is 4.15. The molecule has 0 aliphatic carbocycles. The van der Waals surface area contributed by atoms with E-state index in [1.807, 2.05) is 32.9 Å². The number of hydrogen-bond donors (Lipinski definition) is 0. The summed E-state index contributed by atoms with van der Waals surface area (Å²) in [5, 5.41) is 1.00. The van der Waals surface area contributed by atoms with Crippen molar-refractivity contribution >= 4 is 11.0 Å². The molecule has 1 aromatic heterocycles. The fourth-order valence-electron chi connectivity index (χ4n) is 2.46. The Morgan fingerprint density at radius 2 is 1.90 bits per heavy atom. The Labute approximate surface area is 119 Å². The fraction of sp³-hybridized carbons (Fsp3) is 0.471. The van der Waals surface area contributed by atoms with Gasteiger partial charge in [0, 0.05) is 16.5 Å². The van der Waals surface area contributed by atoms with Crippen molar-refractivity contribution in [2.45, 2.75) is 47.0 Å². The first-order valence-corrected chi connectivity index (χ1v) is 7.28. The van der Waals surface area contributed by atoms with Crippen LogP contribution in [0.25, 0.3) is 11.0 Å². The second-order valence-electron chi connectivity index (χ2n) is 5.11. The summed E-state index contributed by atoms with van der Waals surface area (Å²) in [6, 6.07) is 3.96. The van der Waals surface area contributed by atoms with E-state index in [9.17, 15) is 4.79 Å². The summed E-state index contributed by atoms with van der Waals surface area (Å²) in [4.78, 5) is 12.0. The zero-order valence-electron chi connectivity index (χ0n) is 12.7. The topological polar surface area (TPSA) is 39.4 Å². The molecule has 20 heavy (non-hydrogen) atoms. The molecule has 0 saturated carbocycles. The molecule has 0 atom stereocenters. The van der Waals surface area contributed by atoms with E-state index in [-0.39, 0.29) is 5.63 Å². The van der Waals surface area contributed by atoms with E-state index >= 15 is 0 Å². The van der Waals surface area contributed by atoms with E-state index in [2.05, 4.69) is 6.92 Å². The molecule has 1 heterocycles. The van der Waals surface area contributed by atoms with Crippen molar-refractivity contribution in [3.05, 3.63) is 39.2 Å². The van der Waals surface area contributed by atoms with Gasteiger partial charge in [0.2, 0.25) is 0 Å². The Balaban J connectivity index is 2.54. The lowest BCUT2D eigenvalue weighted by molar-refractivity contribution is 0.307. The van der Waals surface area contributed by atoms with Crippen LogP contribution < -0.4 is 10.4 Å². The van der Waals surface area contributed by atoms with Gasteiger partial charge in [0.25, 0.3) is 0 Å². The lowest BCUT2D eigenvalue weighted by atomic mass is 10.0. The SMILES string of the molecule is CCCCOc1ccc2c(C)c(CC)c(=O)oc2c1C. The summed E-state index contributed by atoms with van der Waals surface area (Å²) in [6.07, 6.45) is 2.81. The zero-order chi connectivity index (χ0) is 14.7. The minimum absolute atomic E-state index is 0.230. The Morgan fingerprint density at radius 1 is 1.15 bits per heavy atom. The van der Waals surface area contributed by atoms with Crippen molar-refractivity contribution in [1.29, 1.82) is 0 Å². The largest absolute Gasteiger partial charge is 0.493 e. The van der Waals surface area contributed by atoms with Crippen molar-refractivity contribution in [3.8, 4) is 5.75 Å². The molecule has 0 bridgehead atoms. The van der Waals surface area contributed by atoms with Gasteiger partial charge in [0.1, 0.15) is 11.3 Å². The molecule has 3 nitrogen and oxygen atoms in total. The Hall–Kier alpha value is -1.77. The van der Waals surface area contributed by atoms with Gasteiger partial charge < -0.3 is 9.15 Å². The Morgan fingerprint density at radius 3 is 2.55 bits per heavy atom. The van der Waals surface area contributed by atoms with Crippen molar-refractivity contribution in [2.24, 2.45) is 0 Å². The van der Waals surface area contributed by atoms with Crippen LogP contribution in [-0.4, -0.2) is 6.61 Å². The first-order valence-electron chi connectivity index (χ1n) is 7.28. The molecule has 0 aliphatic heterocycles. The molecule has 0 amide bonds. The highest BCUT2D eigenvalue weighted by Crippen LogP contribution is 2.29. The normalized spacial score (nSPS) is 11.0. The highest BCUT2D eigenvalue weighted by atomic mass is 16.5. The zero-order valence-corrected chi connectivity index (χ0v) is 12.7. The minimum Gasteiger partial charge on any atom is -0.493 e. The van der Waals surface area contributed by atoms with Gasteiger partial charge in [-0.2, -0.15) is 0 Å². The standard InChI is InChI=1S/C17H22O3/c1-5-7-10-19-15-9-8-14-11(3)13(6-2)17(18)20-16(14)12(15)4/h8-9H,5-7,10H2,1-4H3. The van der Waals surface area contributed by atoms with Crippen LogP contribution in [0.15, 0.2) is 21.3 Å². The van der Waals surface area contributed by atoms with Gasteiger partial charge in [0.15, 0.2) is 0 Å². The number of ether oxygens (including phenoxy) is 1. The van der Waals surface area contributed by atoms with Crippen molar-refractivity contribution < 1.29 is 9.15 Å². The second-order valence-corrected chi connectivity index (χ2v) is 5.11. The molecule has 0 N–H and O–H groups in total. The average molecular weight is 274 g/mol. The number of unbranched alkanes of at least 4 members (excludes halogenated alkanes) is 1. The summed E-state index contributed by atoms with van der Waals surface area (Å²) in [7, 11) is 0. The molecule has 108 valence electrons. The third kappa shape index (κ3) is 2.58. The predicted molar refractivity (Wildman–Crippen MR) is 81.7 cm³/mol. The first kappa shape index (κ1) is 14.6. The molecular weight excluding hydrogens is 252 g/mol. The number of benzene rings is 1. The molecule has 3 heteroatoms. The van der Waals surface area contributed by atoms with Crippen LogP contribution in [0, 0.1) is 13.8 Å². The van der Waals surface area contributed by atoms with Crippen LogP contribution in [0.4, 0.5) is 0 Å².